The van der Waals surface area contributed by atoms with Gasteiger partial charge in [-0.25, -0.2) is 4.79 Å². The Morgan fingerprint density at radius 3 is 2.62 bits per heavy atom. The van der Waals surface area contributed by atoms with Crippen molar-refractivity contribution in [3.8, 4) is 0 Å². The number of methoxy groups -OCH3 is 1. The lowest BCUT2D eigenvalue weighted by molar-refractivity contribution is -0.184. The van der Waals surface area contributed by atoms with Crippen molar-refractivity contribution in [2.75, 3.05) is 25.1 Å². The van der Waals surface area contributed by atoms with Gasteiger partial charge >= 0.3 is 5.97 Å². The van der Waals surface area contributed by atoms with Gasteiger partial charge in [-0.2, -0.15) is 5.10 Å². The van der Waals surface area contributed by atoms with Crippen molar-refractivity contribution in [1.29, 1.82) is 0 Å². The topological polar surface area (TPSA) is 64.6 Å². The second kappa shape index (κ2) is 7.66. The Morgan fingerprint density at radius 2 is 2.00 bits per heavy atom. The lowest BCUT2D eigenvalue weighted by Gasteiger charge is -2.42. The molecule has 7 heteroatoms. The molecule has 0 bridgehead atoms. The summed E-state index contributed by atoms with van der Waals surface area (Å²) in [5.41, 5.74) is 0.100. The van der Waals surface area contributed by atoms with Gasteiger partial charge in [0.25, 0.3) is 0 Å². The third-order valence-corrected chi connectivity index (χ3v) is 5.23. The second-order valence-corrected chi connectivity index (χ2v) is 6.97. The fourth-order valence-corrected chi connectivity index (χ4v) is 3.84. The van der Waals surface area contributed by atoms with Gasteiger partial charge in [-0.15, -0.1) is 5.10 Å². The largest absolute Gasteiger partial charge is 0.467 e. The van der Waals surface area contributed by atoms with E-state index in [1.807, 2.05) is 0 Å². The second-order valence-electron chi connectivity index (χ2n) is 6.59. The summed E-state index contributed by atoms with van der Waals surface area (Å²) in [6.45, 7) is 1.40. The molecule has 24 heavy (non-hydrogen) atoms. The van der Waals surface area contributed by atoms with Crippen molar-refractivity contribution >= 4 is 23.3 Å². The Morgan fingerprint density at radius 1 is 1.29 bits per heavy atom. The predicted octanol–water partition coefficient (Wildman–Crippen LogP) is 2.99. The Bertz CT molecular complexity index is 570. The van der Waals surface area contributed by atoms with Crippen LogP contribution in [-0.4, -0.2) is 48.1 Å². The molecule has 1 saturated heterocycles. The molecule has 0 atom stereocenters. The van der Waals surface area contributed by atoms with Crippen LogP contribution in [0.1, 0.15) is 44.9 Å². The van der Waals surface area contributed by atoms with Crippen LogP contribution < -0.4 is 4.90 Å². The molecule has 2 heterocycles. The summed E-state index contributed by atoms with van der Waals surface area (Å²) in [5.74, 6) is -0.251. The van der Waals surface area contributed by atoms with E-state index < -0.39 is 5.60 Å². The third-order valence-electron chi connectivity index (χ3n) is 5.05. The van der Waals surface area contributed by atoms with E-state index in [-0.39, 0.29) is 12.1 Å². The van der Waals surface area contributed by atoms with Gasteiger partial charge < -0.3 is 14.4 Å². The van der Waals surface area contributed by atoms with Crippen LogP contribution in [0.2, 0.25) is 5.15 Å². The van der Waals surface area contributed by atoms with Crippen molar-refractivity contribution < 1.29 is 14.3 Å². The number of hydrogen-bond acceptors (Lipinski definition) is 6. The SMILES string of the molecule is COC(=O)C1(OC2CCCCC2)CCN(c2cnnc(Cl)c2)CC1. The fourth-order valence-electron chi connectivity index (χ4n) is 3.69. The van der Waals surface area contributed by atoms with E-state index in [1.165, 1.54) is 26.4 Å². The van der Waals surface area contributed by atoms with Crippen molar-refractivity contribution in [2.45, 2.75) is 56.7 Å². The molecule has 1 aromatic rings. The third kappa shape index (κ3) is 3.81. The summed E-state index contributed by atoms with van der Waals surface area (Å²) in [4.78, 5) is 14.6. The minimum Gasteiger partial charge on any atom is -0.467 e. The molecular weight excluding hydrogens is 330 g/mol. The van der Waals surface area contributed by atoms with Crippen LogP contribution in [0.4, 0.5) is 5.69 Å². The summed E-state index contributed by atoms with van der Waals surface area (Å²) in [6.07, 6.45) is 8.75. The summed E-state index contributed by atoms with van der Waals surface area (Å²) in [5, 5.41) is 8.04. The van der Waals surface area contributed by atoms with Crippen LogP contribution in [0.3, 0.4) is 0 Å². The predicted molar refractivity (Wildman–Crippen MR) is 91.2 cm³/mol. The number of piperidine rings is 1. The number of esters is 1. The van der Waals surface area contributed by atoms with Crippen LogP contribution in [-0.2, 0) is 14.3 Å². The van der Waals surface area contributed by atoms with E-state index in [1.54, 1.807) is 12.3 Å². The zero-order valence-corrected chi connectivity index (χ0v) is 14.8. The molecule has 0 spiro atoms. The van der Waals surface area contributed by atoms with E-state index in [0.717, 1.165) is 18.5 Å². The van der Waals surface area contributed by atoms with E-state index in [0.29, 0.717) is 31.1 Å². The molecule has 0 amide bonds. The van der Waals surface area contributed by atoms with Crippen LogP contribution in [0.15, 0.2) is 12.3 Å². The highest BCUT2D eigenvalue weighted by atomic mass is 35.5. The maximum atomic E-state index is 12.5. The smallest absolute Gasteiger partial charge is 0.338 e. The Balaban J connectivity index is 1.69. The molecule has 0 aromatic carbocycles. The number of hydrogen-bond donors (Lipinski definition) is 0. The average Bonchev–Trinajstić information content (AvgIpc) is 2.62. The van der Waals surface area contributed by atoms with Gasteiger partial charge in [-0.3, -0.25) is 0 Å². The van der Waals surface area contributed by atoms with Crippen molar-refractivity contribution in [2.24, 2.45) is 0 Å². The highest BCUT2D eigenvalue weighted by Crippen LogP contribution is 2.34. The first-order chi connectivity index (χ1) is 11.6. The molecule has 6 nitrogen and oxygen atoms in total. The molecule has 0 N–H and O–H groups in total. The Hall–Kier alpha value is -1.40. The first-order valence-corrected chi connectivity index (χ1v) is 9.00. The van der Waals surface area contributed by atoms with Crippen molar-refractivity contribution in [1.82, 2.24) is 10.2 Å². The van der Waals surface area contributed by atoms with Gasteiger partial charge in [0.05, 0.1) is 25.1 Å². The van der Waals surface area contributed by atoms with Gasteiger partial charge in [-0.1, -0.05) is 30.9 Å². The normalized spacial score (nSPS) is 21.5. The maximum absolute atomic E-state index is 12.5. The van der Waals surface area contributed by atoms with E-state index in [9.17, 15) is 4.79 Å². The monoisotopic (exact) mass is 353 g/mol. The first-order valence-electron chi connectivity index (χ1n) is 8.62. The first kappa shape index (κ1) is 17.4. The number of halogens is 1. The van der Waals surface area contributed by atoms with Crippen LogP contribution in [0, 0.1) is 0 Å². The highest BCUT2D eigenvalue weighted by molar-refractivity contribution is 6.29. The summed E-state index contributed by atoms with van der Waals surface area (Å²) in [7, 11) is 1.44. The Kier molecular flexibility index (Phi) is 5.56. The lowest BCUT2D eigenvalue weighted by atomic mass is 9.89. The molecule has 1 saturated carbocycles. The van der Waals surface area contributed by atoms with Gasteiger partial charge in [0.2, 0.25) is 0 Å². The molecular formula is C17H24ClN3O3. The number of aromatic nitrogens is 2. The van der Waals surface area contributed by atoms with Crippen molar-refractivity contribution in [3.63, 3.8) is 0 Å². The van der Waals surface area contributed by atoms with Crippen LogP contribution in [0.5, 0.6) is 0 Å². The Labute approximate surface area is 147 Å². The van der Waals surface area contributed by atoms with Crippen LogP contribution >= 0.6 is 11.6 Å². The molecule has 1 aliphatic heterocycles. The zero-order valence-electron chi connectivity index (χ0n) is 14.0. The quantitative estimate of drug-likeness (QED) is 0.775. The molecule has 132 valence electrons. The van der Waals surface area contributed by atoms with E-state index >= 15 is 0 Å². The molecule has 3 rings (SSSR count). The number of anilines is 1. The van der Waals surface area contributed by atoms with Gasteiger partial charge in [-0.05, 0) is 12.8 Å². The summed E-state index contributed by atoms with van der Waals surface area (Å²) < 4.78 is 11.4. The number of nitrogens with zero attached hydrogens (tertiary/aromatic N) is 3. The molecule has 1 aromatic heterocycles. The van der Waals surface area contributed by atoms with E-state index in [2.05, 4.69) is 15.1 Å². The molecule has 1 aliphatic carbocycles. The number of ether oxygens (including phenoxy) is 2. The molecule has 0 radical (unpaired) electrons. The molecule has 2 fully saturated rings. The average molecular weight is 354 g/mol. The molecule has 2 aliphatic rings. The maximum Gasteiger partial charge on any atom is 0.338 e. The highest BCUT2D eigenvalue weighted by Gasteiger charge is 2.45. The van der Waals surface area contributed by atoms with E-state index in [4.69, 9.17) is 21.1 Å². The lowest BCUT2D eigenvalue weighted by Crippen LogP contribution is -2.53. The van der Waals surface area contributed by atoms with Gasteiger partial charge in [0.15, 0.2) is 10.8 Å². The number of carbonyl (C=O) groups is 1. The molecule has 0 unspecified atom stereocenters. The zero-order chi connectivity index (χ0) is 17.0. The van der Waals surface area contributed by atoms with Gasteiger partial charge in [0, 0.05) is 32.0 Å². The summed E-state index contributed by atoms with van der Waals surface area (Å²) >= 11 is 5.92. The van der Waals surface area contributed by atoms with Crippen molar-refractivity contribution in [3.05, 3.63) is 17.4 Å². The minimum atomic E-state index is -0.822. The van der Waals surface area contributed by atoms with Crippen LogP contribution in [0.25, 0.3) is 0 Å². The standard InChI is InChI=1S/C17H24ClN3O3/c1-23-16(22)17(24-14-5-3-2-4-6-14)7-9-21(10-8-17)13-11-15(18)20-19-12-13/h11-12,14H,2-10H2,1H3. The number of rotatable bonds is 4. The van der Waals surface area contributed by atoms with Gasteiger partial charge in [0.1, 0.15) is 0 Å². The number of carbonyl (C=O) groups excluding carboxylic acids is 1. The minimum absolute atomic E-state index is 0.168. The summed E-state index contributed by atoms with van der Waals surface area (Å²) in [6, 6.07) is 1.79. The fraction of sp³-hybridized carbons (Fsp3) is 0.706.